The summed E-state index contributed by atoms with van der Waals surface area (Å²) >= 11 is 0. The van der Waals surface area contributed by atoms with Crippen LogP contribution in [0.1, 0.15) is 1.43 Å². The molecule has 0 saturated carbocycles. The monoisotopic (exact) mass is 235 g/mol. The molecule has 0 spiro atoms. The van der Waals surface area contributed by atoms with Crippen LogP contribution in [0.5, 0.6) is 0 Å². The molecule has 0 amide bonds. The first-order valence-electron chi connectivity index (χ1n) is 3.83. The third-order valence-electron chi connectivity index (χ3n) is 1.77. The average molecular weight is 235 g/mol. The molecule has 1 aliphatic rings. The van der Waals surface area contributed by atoms with E-state index in [-0.39, 0.29) is 58.6 Å². The maximum atomic E-state index is 10.4. The van der Waals surface area contributed by atoms with Gasteiger partial charge in [-0.05, 0) is 0 Å². The van der Waals surface area contributed by atoms with Gasteiger partial charge in [0.15, 0.2) is 0 Å². The van der Waals surface area contributed by atoms with Crippen molar-refractivity contribution in [1.82, 2.24) is 4.90 Å². The number of ether oxygens (including phenoxy) is 1. The Morgan fingerprint density at radius 2 is 1.92 bits per heavy atom. The van der Waals surface area contributed by atoms with Gasteiger partial charge >= 0.3 is 51.4 Å². The molecule has 1 heterocycles. The molecule has 1 saturated heterocycles. The molecule has 13 heavy (non-hydrogen) atoms. The standard InChI is InChI=1S/C6H13NO4S.K.H/c8-12(9,10)6-3-7-1-4-11-5-2-7;;/h1-6H2,(H,8,9,10);;/q;+1;-1. The minimum atomic E-state index is -3.81. The van der Waals surface area contributed by atoms with Gasteiger partial charge < -0.3 is 6.16 Å². The van der Waals surface area contributed by atoms with Crippen LogP contribution in [0.15, 0.2) is 0 Å². The fourth-order valence-corrected chi connectivity index (χ4v) is 1.56. The van der Waals surface area contributed by atoms with Crippen molar-refractivity contribution in [2.24, 2.45) is 0 Å². The molecule has 1 rings (SSSR count). The Morgan fingerprint density at radius 1 is 1.38 bits per heavy atom. The maximum absolute atomic E-state index is 10.4. The van der Waals surface area contributed by atoms with Crippen LogP contribution >= 0.6 is 0 Å². The molecule has 1 aliphatic heterocycles. The maximum Gasteiger partial charge on any atom is 1.00 e. The van der Waals surface area contributed by atoms with Gasteiger partial charge in [0.2, 0.25) is 0 Å². The summed E-state index contributed by atoms with van der Waals surface area (Å²) in [6, 6.07) is 0. The van der Waals surface area contributed by atoms with Crippen LogP contribution in [0, 0.1) is 0 Å². The summed E-state index contributed by atoms with van der Waals surface area (Å²) in [5.74, 6) is -0.188. The largest absolute Gasteiger partial charge is 1.00 e. The van der Waals surface area contributed by atoms with Gasteiger partial charge in [-0.15, -0.1) is 0 Å². The number of hydrogen-bond acceptors (Lipinski definition) is 4. The molecule has 0 unspecified atom stereocenters. The van der Waals surface area contributed by atoms with E-state index in [1.807, 2.05) is 4.90 Å². The normalized spacial score (nSPS) is 19.5. The van der Waals surface area contributed by atoms with Crippen molar-refractivity contribution >= 4 is 10.1 Å². The molecule has 1 N–H and O–H groups in total. The summed E-state index contributed by atoms with van der Waals surface area (Å²) in [7, 11) is -3.81. The molecule has 7 heteroatoms. The van der Waals surface area contributed by atoms with E-state index in [0.717, 1.165) is 13.1 Å². The summed E-state index contributed by atoms with van der Waals surface area (Å²) in [5.41, 5.74) is 0. The third-order valence-corrected chi connectivity index (χ3v) is 2.47. The second-order valence-electron chi connectivity index (χ2n) is 2.74. The Bertz CT molecular complexity index is 230. The Morgan fingerprint density at radius 3 is 2.38 bits per heavy atom. The van der Waals surface area contributed by atoms with Gasteiger partial charge in [0.1, 0.15) is 0 Å². The minimum absolute atomic E-state index is 0. The molecule has 74 valence electrons. The first-order valence-corrected chi connectivity index (χ1v) is 5.44. The summed E-state index contributed by atoms with van der Waals surface area (Å²) in [4.78, 5) is 1.96. The molecule has 0 aliphatic carbocycles. The molecule has 0 atom stereocenters. The summed E-state index contributed by atoms with van der Waals surface area (Å²) in [6.45, 7) is 3.17. The number of hydrogen-bond donors (Lipinski definition) is 1. The zero-order valence-corrected chi connectivity index (χ0v) is 11.7. The summed E-state index contributed by atoms with van der Waals surface area (Å²) in [5, 5.41) is 0. The van der Waals surface area contributed by atoms with Crippen LogP contribution in [0.25, 0.3) is 0 Å². The number of nitrogens with zero attached hydrogens (tertiary/aromatic N) is 1. The van der Waals surface area contributed by atoms with Crippen LogP contribution in [-0.4, -0.2) is 56.5 Å². The molecular formula is C6H14KNO4S. The quantitative estimate of drug-likeness (QED) is 0.403. The van der Waals surface area contributed by atoms with Crippen molar-refractivity contribution in [2.75, 3.05) is 38.6 Å². The van der Waals surface area contributed by atoms with Gasteiger partial charge in [0, 0.05) is 19.6 Å². The van der Waals surface area contributed by atoms with Crippen LogP contribution in [0.4, 0.5) is 0 Å². The van der Waals surface area contributed by atoms with Gasteiger partial charge in [-0.2, -0.15) is 8.42 Å². The predicted octanol–water partition coefficient (Wildman–Crippen LogP) is -3.68. The summed E-state index contributed by atoms with van der Waals surface area (Å²) < 4.78 is 34.3. The van der Waals surface area contributed by atoms with Crippen LogP contribution in [0.3, 0.4) is 0 Å². The molecule has 0 bridgehead atoms. The Hall–Kier alpha value is 1.47. The van der Waals surface area contributed by atoms with E-state index < -0.39 is 10.1 Å². The van der Waals surface area contributed by atoms with Crippen molar-refractivity contribution in [2.45, 2.75) is 0 Å². The van der Waals surface area contributed by atoms with Crippen LogP contribution in [-0.2, 0) is 14.9 Å². The van der Waals surface area contributed by atoms with Gasteiger partial charge in [0.05, 0.1) is 19.0 Å². The third kappa shape index (κ3) is 7.40. The smallest absolute Gasteiger partial charge is 1.00 e. The topological polar surface area (TPSA) is 66.8 Å². The zero-order valence-electron chi connectivity index (χ0n) is 8.77. The van der Waals surface area contributed by atoms with Crippen LogP contribution < -0.4 is 51.4 Å². The SMILES string of the molecule is O=S(=O)(O)CCN1CCOCC1.[H-].[K+]. The molecular weight excluding hydrogens is 221 g/mol. The molecule has 0 aromatic heterocycles. The molecule has 0 aromatic rings. The van der Waals surface area contributed by atoms with Crippen molar-refractivity contribution in [3.8, 4) is 0 Å². The second kappa shape index (κ2) is 6.86. The first-order chi connectivity index (χ1) is 5.58. The van der Waals surface area contributed by atoms with Crippen molar-refractivity contribution in [1.29, 1.82) is 0 Å². The fraction of sp³-hybridized carbons (Fsp3) is 1.00. The van der Waals surface area contributed by atoms with Crippen molar-refractivity contribution in [3.05, 3.63) is 0 Å². The van der Waals surface area contributed by atoms with E-state index in [0.29, 0.717) is 19.8 Å². The van der Waals surface area contributed by atoms with Crippen LogP contribution in [0.2, 0.25) is 0 Å². The number of morpholine rings is 1. The minimum Gasteiger partial charge on any atom is -1.00 e. The van der Waals surface area contributed by atoms with Gasteiger partial charge in [-0.25, -0.2) is 0 Å². The van der Waals surface area contributed by atoms with Gasteiger partial charge in [-0.3, -0.25) is 9.45 Å². The fourth-order valence-electron chi connectivity index (χ4n) is 1.07. The Balaban J connectivity index is 0. The Labute approximate surface area is 122 Å². The van der Waals surface area contributed by atoms with E-state index in [1.54, 1.807) is 0 Å². The Kier molecular flexibility index (Phi) is 7.63. The van der Waals surface area contributed by atoms with Gasteiger partial charge in [-0.1, -0.05) is 0 Å². The van der Waals surface area contributed by atoms with Crippen molar-refractivity contribution in [3.63, 3.8) is 0 Å². The first kappa shape index (κ1) is 14.5. The van der Waals surface area contributed by atoms with Gasteiger partial charge in [0.25, 0.3) is 10.1 Å². The van der Waals surface area contributed by atoms with E-state index in [2.05, 4.69) is 0 Å². The van der Waals surface area contributed by atoms with E-state index in [1.165, 1.54) is 0 Å². The van der Waals surface area contributed by atoms with E-state index in [9.17, 15) is 8.42 Å². The molecule has 1 fully saturated rings. The van der Waals surface area contributed by atoms with Crippen molar-refractivity contribution < 1.29 is 70.5 Å². The summed E-state index contributed by atoms with van der Waals surface area (Å²) in [6.07, 6.45) is 0. The zero-order chi connectivity index (χ0) is 9.03. The van der Waals surface area contributed by atoms with E-state index in [4.69, 9.17) is 9.29 Å². The molecule has 5 nitrogen and oxygen atoms in total. The van der Waals surface area contributed by atoms with E-state index >= 15 is 0 Å². The second-order valence-corrected chi connectivity index (χ2v) is 4.31. The number of rotatable bonds is 3. The molecule has 0 radical (unpaired) electrons. The molecule has 0 aromatic carbocycles. The average Bonchev–Trinajstić information content (AvgIpc) is 2.02. The predicted molar refractivity (Wildman–Crippen MR) is 44.8 cm³/mol.